The molecule has 4 nitrogen and oxygen atoms in total. The van der Waals surface area contributed by atoms with Gasteiger partial charge in [0.2, 0.25) is 0 Å². The molecule has 0 aromatic heterocycles. The van der Waals surface area contributed by atoms with Gasteiger partial charge < -0.3 is 14.8 Å². The molecule has 0 radical (unpaired) electrons. The second-order valence-corrected chi connectivity index (χ2v) is 7.69. The molecular formula is C15H18BrClFNO3. The molecule has 0 unspecified atom stereocenters. The molecule has 1 aliphatic carbocycles. The van der Waals surface area contributed by atoms with Gasteiger partial charge in [-0.2, -0.15) is 0 Å². The minimum atomic E-state index is -0.563. The molecule has 1 amide bonds. The van der Waals surface area contributed by atoms with Crippen LogP contribution >= 0.6 is 27.5 Å². The number of benzene rings is 1. The van der Waals surface area contributed by atoms with E-state index in [1.807, 2.05) is 0 Å². The van der Waals surface area contributed by atoms with Crippen molar-refractivity contribution in [2.75, 3.05) is 6.61 Å². The molecule has 1 saturated carbocycles. The van der Waals surface area contributed by atoms with Gasteiger partial charge in [0.05, 0.1) is 10.0 Å². The van der Waals surface area contributed by atoms with Crippen LogP contribution in [0.4, 0.5) is 9.18 Å². The van der Waals surface area contributed by atoms with Crippen molar-refractivity contribution < 1.29 is 18.7 Å². The van der Waals surface area contributed by atoms with E-state index in [9.17, 15) is 9.18 Å². The fraction of sp³-hybridized carbons (Fsp3) is 0.533. The molecule has 0 aliphatic heterocycles. The van der Waals surface area contributed by atoms with Crippen LogP contribution in [-0.4, -0.2) is 23.8 Å². The number of amides is 1. The summed E-state index contributed by atoms with van der Waals surface area (Å²) in [6.07, 6.45) is 1.03. The van der Waals surface area contributed by atoms with Crippen LogP contribution in [0.5, 0.6) is 5.75 Å². The summed E-state index contributed by atoms with van der Waals surface area (Å²) in [6.45, 7) is 5.55. The van der Waals surface area contributed by atoms with Crippen molar-refractivity contribution >= 4 is 33.6 Å². The van der Waals surface area contributed by atoms with Crippen molar-refractivity contribution in [2.45, 2.75) is 44.8 Å². The summed E-state index contributed by atoms with van der Waals surface area (Å²) in [5.41, 5.74) is -1.06. The maximum absolute atomic E-state index is 13.8. The molecule has 1 aliphatic rings. The third kappa shape index (κ3) is 4.74. The topological polar surface area (TPSA) is 47.6 Å². The van der Waals surface area contributed by atoms with Crippen molar-refractivity contribution in [3.63, 3.8) is 0 Å². The van der Waals surface area contributed by atoms with Crippen molar-refractivity contribution in [3.8, 4) is 5.75 Å². The predicted molar refractivity (Wildman–Crippen MR) is 85.9 cm³/mol. The molecule has 0 saturated heterocycles. The molecule has 2 rings (SSSR count). The zero-order chi connectivity index (χ0) is 16.5. The zero-order valence-corrected chi connectivity index (χ0v) is 15.0. The van der Waals surface area contributed by atoms with Gasteiger partial charge in [0.15, 0.2) is 11.6 Å². The zero-order valence-electron chi connectivity index (χ0n) is 12.6. The molecule has 1 aromatic rings. The third-order valence-corrected chi connectivity index (χ3v) is 3.88. The molecule has 0 spiro atoms. The number of rotatable bonds is 4. The lowest BCUT2D eigenvalue weighted by molar-refractivity contribution is 0.0476. The third-order valence-electron chi connectivity index (χ3n) is 3.08. The SMILES string of the molecule is CC(C)(C)OC(=O)NC1(COc2c(F)cc(Cl)cc2Br)CC1. The van der Waals surface area contributed by atoms with Crippen LogP contribution in [0.25, 0.3) is 0 Å². The Labute approximate surface area is 142 Å². The van der Waals surface area contributed by atoms with Crippen LogP contribution in [0.15, 0.2) is 16.6 Å². The van der Waals surface area contributed by atoms with Gasteiger partial charge >= 0.3 is 6.09 Å². The van der Waals surface area contributed by atoms with Crippen LogP contribution in [-0.2, 0) is 4.74 Å². The number of ether oxygens (including phenoxy) is 2. The standard InChI is InChI=1S/C15H18BrClFNO3/c1-14(2,3)22-13(20)19-15(4-5-15)8-21-12-10(16)6-9(17)7-11(12)18/h6-7H,4-5,8H2,1-3H3,(H,19,20). The van der Waals surface area contributed by atoms with Gasteiger partial charge in [0.25, 0.3) is 0 Å². The largest absolute Gasteiger partial charge is 0.487 e. The number of halogens is 3. The number of alkyl carbamates (subject to hydrolysis) is 1. The van der Waals surface area contributed by atoms with E-state index in [1.165, 1.54) is 6.07 Å². The van der Waals surface area contributed by atoms with E-state index in [-0.39, 0.29) is 17.4 Å². The molecule has 0 bridgehead atoms. The first-order valence-corrected chi connectivity index (χ1v) is 8.06. The molecule has 0 heterocycles. The van der Waals surface area contributed by atoms with Gasteiger partial charge in [-0.1, -0.05) is 11.6 Å². The molecule has 7 heteroatoms. The summed E-state index contributed by atoms with van der Waals surface area (Å²) in [5.74, 6) is -0.464. The minimum Gasteiger partial charge on any atom is -0.487 e. The van der Waals surface area contributed by atoms with Crippen molar-refractivity contribution in [1.82, 2.24) is 5.32 Å². The highest BCUT2D eigenvalue weighted by atomic mass is 79.9. The van der Waals surface area contributed by atoms with Crippen LogP contribution in [0.3, 0.4) is 0 Å². The average molecular weight is 395 g/mol. The predicted octanol–water partition coefficient (Wildman–Crippen LogP) is 4.68. The van der Waals surface area contributed by atoms with Gasteiger partial charge in [-0.15, -0.1) is 0 Å². The first-order valence-electron chi connectivity index (χ1n) is 6.89. The van der Waals surface area contributed by atoms with E-state index in [0.29, 0.717) is 4.47 Å². The molecule has 1 aromatic carbocycles. The van der Waals surface area contributed by atoms with E-state index >= 15 is 0 Å². The van der Waals surface area contributed by atoms with E-state index in [1.54, 1.807) is 26.8 Å². The summed E-state index contributed by atoms with van der Waals surface area (Å²) in [6, 6.07) is 2.74. The minimum absolute atomic E-state index is 0.0849. The fourth-order valence-corrected chi connectivity index (χ4v) is 2.74. The first-order chi connectivity index (χ1) is 10.1. The normalized spacial score (nSPS) is 16.1. The van der Waals surface area contributed by atoms with Crippen LogP contribution in [0.2, 0.25) is 5.02 Å². The molecule has 1 fully saturated rings. The Hall–Kier alpha value is -1.01. The maximum Gasteiger partial charge on any atom is 0.408 e. The Morgan fingerprint density at radius 1 is 1.45 bits per heavy atom. The average Bonchev–Trinajstić information content (AvgIpc) is 3.04. The molecule has 0 atom stereocenters. The van der Waals surface area contributed by atoms with E-state index in [0.717, 1.165) is 12.8 Å². The quantitative estimate of drug-likeness (QED) is 0.807. The number of carbonyl (C=O) groups excluding carboxylic acids is 1. The summed E-state index contributed by atoms with van der Waals surface area (Å²) in [4.78, 5) is 11.8. The lowest BCUT2D eigenvalue weighted by Gasteiger charge is -2.23. The first kappa shape index (κ1) is 17.3. The second kappa shape index (κ2) is 6.24. The smallest absolute Gasteiger partial charge is 0.408 e. The fourth-order valence-electron chi connectivity index (χ4n) is 1.85. The van der Waals surface area contributed by atoms with Gasteiger partial charge in [-0.3, -0.25) is 0 Å². The molecule has 22 heavy (non-hydrogen) atoms. The Bertz CT molecular complexity index is 562. The molecule has 122 valence electrons. The van der Waals surface area contributed by atoms with Gasteiger partial charge in [0, 0.05) is 5.02 Å². The second-order valence-electron chi connectivity index (χ2n) is 6.39. The van der Waals surface area contributed by atoms with E-state index in [4.69, 9.17) is 21.1 Å². The highest BCUT2D eigenvalue weighted by molar-refractivity contribution is 9.10. The lowest BCUT2D eigenvalue weighted by atomic mass is 10.2. The van der Waals surface area contributed by atoms with Crippen molar-refractivity contribution in [2.24, 2.45) is 0 Å². The van der Waals surface area contributed by atoms with Gasteiger partial charge in [-0.05, 0) is 61.7 Å². The van der Waals surface area contributed by atoms with Crippen molar-refractivity contribution in [3.05, 3.63) is 27.4 Å². The number of hydrogen-bond donors (Lipinski definition) is 1. The maximum atomic E-state index is 13.8. The van der Waals surface area contributed by atoms with Crippen molar-refractivity contribution in [1.29, 1.82) is 0 Å². The molecule has 1 N–H and O–H groups in total. The Balaban J connectivity index is 1.96. The summed E-state index contributed by atoms with van der Waals surface area (Å²) < 4.78 is 25.0. The van der Waals surface area contributed by atoms with Crippen LogP contribution in [0.1, 0.15) is 33.6 Å². The molecular weight excluding hydrogens is 377 g/mol. The Morgan fingerprint density at radius 3 is 2.59 bits per heavy atom. The highest BCUT2D eigenvalue weighted by Crippen LogP contribution is 2.38. The van der Waals surface area contributed by atoms with E-state index in [2.05, 4.69) is 21.2 Å². The van der Waals surface area contributed by atoms with E-state index < -0.39 is 23.1 Å². The monoisotopic (exact) mass is 393 g/mol. The van der Waals surface area contributed by atoms with Gasteiger partial charge in [-0.25, -0.2) is 9.18 Å². The van der Waals surface area contributed by atoms with Gasteiger partial charge in [0.1, 0.15) is 12.2 Å². The Kier molecular flexibility index (Phi) is 4.92. The number of nitrogens with one attached hydrogen (secondary N) is 1. The Morgan fingerprint density at radius 2 is 2.09 bits per heavy atom. The van der Waals surface area contributed by atoms with Crippen LogP contribution in [0, 0.1) is 5.82 Å². The summed E-state index contributed by atoms with van der Waals surface area (Å²) in [7, 11) is 0. The lowest BCUT2D eigenvalue weighted by Crippen LogP contribution is -2.44. The summed E-state index contributed by atoms with van der Waals surface area (Å²) in [5, 5.41) is 3.08. The number of hydrogen-bond acceptors (Lipinski definition) is 3. The summed E-state index contributed by atoms with van der Waals surface area (Å²) >= 11 is 8.97. The van der Waals surface area contributed by atoms with Crippen LogP contribution < -0.4 is 10.1 Å². The highest BCUT2D eigenvalue weighted by Gasteiger charge is 2.46. The number of carbonyl (C=O) groups is 1.